The second kappa shape index (κ2) is 7.92. The van der Waals surface area contributed by atoms with Gasteiger partial charge in [0.15, 0.2) is 0 Å². The van der Waals surface area contributed by atoms with Gasteiger partial charge in [0.1, 0.15) is 0 Å². The molecule has 1 N–H and O–H groups in total. The number of hydrogen-bond donors (Lipinski definition) is 1. The molecular weight excluding hydrogens is 250 g/mol. The highest BCUT2D eigenvalue weighted by molar-refractivity contribution is 7.99. The first-order valence-corrected chi connectivity index (χ1v) is 7.92. The molecule has 96 valence electrons. The number of carbonyl (C=O) groups is 1. The monoisotopic (exact) mass is 269 g/mol. The lowest BCUT2D eigenvalue weighted by Crippen LogP contribution is -2.31. The first-order chi connectivity index (χ1) is 7.41. The summed E-state index contributed by atoms with van der Waals surface area (Å²) in [6.45, 7) is 2.36. The Labute approximate surface area is 101 Å². The van der Waals surface area contributed by atoms with Crippen molar-refractivity contribution in [1.29, 1.82) is 0 Å². The number of hydrogen-bond acceptors (Lipinski definition) is 5. The van der Waals surface area contributed by atoms with E-state index in [-0.39, 0.29) is 29.8 Å². The summed E-state index contributed by atoms with van der Waals surface area (Å²) in [4.78, 5) is 10.8. The Balaban J connectivity index is 3.83. The normalized spacial score (nSPS) is 13.4. The zero-order valence-electron chi connectivity index (χ0n) is 9.86. The summed E-state index contributed by atoms with van der Waals surface area (Å²) in [6, 6.07) is 0. The first-order valence-electron chi connectivity index (χ1n) is 4.98. The molecule has 0 aromatic carbocycles. The molecule has 0 saturated carbocycles. The molecule has 0 spiro atoms. The fourth-order valence-electron chi connectivity index (χ4n) is 0.908. The Morgan fingerprint density at radius 1 is 1.50 bits per heavy atom. The Morgan fingerprint density at radius 2 is 2.12 bits per heavy atom. The fraction of sp³-hybridized carbons (Fsp3) is 0.889. The lowest BCUT2D eigenvalue weighted by molar-refractivity contribution is -0.140. The van der Waals surface area contributed by atoms with Crippen LogP contribution in [-0.4, -0.2) is 45.3 Å². The van der Waals surface area contributed by atoms with Crippen LogP contribution >= 0.6 is 11.8 Å². The maximum Gasteiger partial charge on any atom is 0.305 e. The molecule has 0 saturated heterocycles. The molecule has 16 heavy (non-hydrogen) atoms. The summed E-state index contributed by atoms with van der Waals surface area (Å²) < 4.78 is 29.8. The second-order valence-electron chi connectivity index (χ2n) is 3.39. The van der Waals surface area contributed by atoms with Gasteiger partial charge in [0.05, 0.1) is 12.9 Å². The van der Waals surface area contributed by atoms with Gasteiger partial charge >= 0.3 is 5.97 Å². The molecule has 0 aliphatic rings. The van der Waals surface area contributed by atoms with Crippen LogP contribution < -0.4 is 4.72 Å². The number of methoxy groups -OCH3 is 1. The summed E-state index contributed by atoms with van der Waals surface area (Å²) in [5.41, 5.74) is 0. The molecule has 0 rings (SSSR count). The quantitative estimate of drug-likeness (QED) is 0.654. The topological polar surface area (TPSA) is 72.5 Å². The lowest BCUT2D eigenvalue weighted by Gasteiger charge is -2.10. The van der Waals surface area contributed by atoms with Crippen LogP contribution in [0.4, 0.5) is 0 Å². The third kappa shape index (κ3) is 7.95. The van der Waals surface area contributed by atoms with Gasteiger partial charge in [0.2, 0.25) is 10.0 Å². The van der Waals surface area contributed by atoms with Crippen molar-refractivity contribution in [3.05, 3.63) is 0 Å². The second-order valence-corrected chi connectivity index (χ2v) is 6.60. The van der Waals surface area contributed by atoms with E-state index < -0.39 is 10.0 Å². The highest BCUT2D eigenvalue weighted by atomic mass is 32.2. The molecule has 0 aliphatic heterocycles. The molecule has 0 fully saturated rings. The Hall–Kier alpha value is -0.270. The molecule has 0 aromatic rings. The molecule has 0 amide bonds. The number of thioether (sulfide) groups is 1. The zero-order chi connectivity index (χ0) is 12.6. The Kier molecular flexibility index (Phi) is 7.78. The van der Waals surface area contributed by atoms with E-state index >= 15 is 0 Å². The molecule has 5 nitrogen and oxygen atoms in total. The first kappa shape index (κ1) is 15.7. The minimum atomic E-state index is -3.26. The van der Waals surface area contributed by atoms with Crippen molar-refractivity contribution in [3.63, 3.8) is 0 Å². The maximum absolute atomic E-state index is 11.4. The Bertz CT molecular complexity index is 303. The van der Waals surface area contributed by atoms with Crippen molar-refractivity contribution in [2.45, 2.75) is 25.0 Å². The highest BCUT2D eigenvalue weighted by Gasteiger charge is 2.12. The summed E-state index contributed by atoms with van der Waals surface area (Å²) in [5, 5.41) is 0.246. The van der Waals surface area contributed by atoms with Crippen LogP contribution in [0.15, 0.2) is 0 Å². The average Bonchev–Trinajstić information content (AvgIpc) is 2.25. The number of nitrogens with one attached hydrogen (secondary N) is 1. The Morgan fingerprint density at radius 3 is 2.62 bits per heavy atom. The molecular formula is C9H19NO4S2. The number of sulfonamides is 1. The van der Waals surface area contributed by atoms with Crippen LogP contribution in [0.25, 0.3) is 0 Å². The molecule has 7 heteroatoms. The molecule has 0 aliphatic carbocycles. The SMILES string of the molecule is COC(=O)CCCS(=O)(=O)NCC(C)SC. The van der Waals surface area contributed by atoms with Crippen LogP contribution in [-0.2, 0) is 19.6 Å². The predicted molar refractivity (Wildman–Crippen MR) is 66.0 cm³/mol. The number of rotatable bonds is 8. The predicted octanol–water partition coefficient (Wildman–Crippen LogP) is 0.611. The van der Waals surface area contributed by atoms with Gasteiger partial charge in [0, 0.05) is 18.2 Å². The van der Waals surface area contributed by atoms with Crippen molar-refractivity contribution >= 4 is 27.8 Å². The van der Waals surface area contributed by atoms with Gasteiger partial charge in [-0.2, -0.15) is 11.8 Å². The van der Waals surface area contributed by atoms with Crippen LogP contribution in [0, 0.1) is 0 Å². The molecule has 0 radical (unpaired) electrons. The van der Waals surface area contributed by atoms with Gasteiger partial charge in [0.25, 0.3) is 0 Å². The minimum absolute atomic E-state index is 0.0385. The van der Waals surface area contributed by atoms with Crippen molar-refractivity contribution in [3.8, 4) is 0 Å². The average molecular weight is 269 g/mol. The van der Waals surface area contributed by atoms with E-state index in [0.29, 0.717) is 6.54 Å². The smallest absolute Gasteiger partial charge is 0.305 e. The van der Waals surface area contributed by atoms with E-state index in [1.54, 1.807) is 11.8 Å². The minimum Gasteiger partial charge on any atom is -0.469 e. The molecule has 0 bridgehead atoms. The van der Waals surface area contributed by atoms with Gasteiger partial charge in [-0.1, -0.05) is 6.92 Å². The zero-order valence-corrected chi connectivity index (χ0v) is 11.5. The number of esters is 1. The standard InChI is InChI=1S/C9H19NO4S2/c1-8(15-3)7-10-16(12,13)6-4-5-9(11)14-2/h8,10H,4-7H2,1-3H3. The third-order valence-corrected chi connectivity index (χ3v) is 4.42. The largest absolute Gasteiger partial charge is 0.469 e. The van der Waals surface area contributed by atoms with E-state index in [9.17, 15) is 13.2 Å². The van der Waals surface area contributed by atoms with Crippen LogP contribution in [0.1, 0.15) is 19.8 Å². The number of ether oxygens (including phenoxy) is 1. The van der Waals surface area contributed by atoms with Gasteiger partial charge in [-0.3, -0.25) is 4.79 Å². The summed E-state index contributed by atoms with van der Waals surface area (Å²) >= 11 is 1.60. The van der Waals surface area contributed by atoms with E-state index in [2.05, 4.69) is 9.46 Å². The van der Waals surface area contributed by atoms with Gasteiger partial charge in [-0.05, 0) is 12.7 Å². The molecule has 0 aromatic heterocycles. The van der Waals surface area contributed by atoms with E-state index in [4.69, 9.17) is 0 Å². The summed E-state index contributed by atoms with van der Waals surface area (Å²) in [6.07, 6.45) is 2.35. The molecule has 1 atom stereocenters. The van der Waals surface area contributed by atoms with E-state index in [1.807, 2.05) is 13.2 Å². The lowest BCUT2D eigenvalue weighted by atomic mass is 10.3. The summed E-state index contributed by atoms with van der Waals surface area (Å²) in [5.74, 6) is -0.420. The van der Waals surface area contributed by atoms with Gasteiger partial charge in [-0.25, -0.2) is 13.1 Å². The van der Waals surface area contributed by atoms with Crippen molar-refractivity contribution < 1.29 is 17.9 Å². The number of carbonyl (C=O) groups excluding carboxylic acids is 1. The van der Waals surface area contributed by atoms with Crippen LogP contribution in [0.2, 0.25) is 0 Å². The van der Waals surface area contributed by atoms with Crippen LogP contribution in [0.5, 0.6) is 0 Å². The van der Waals surface area contributed by atoms with Crippen LogP contribution in [0.3, 0.4) is 0 Å². The van der Waals surface area contributed by atoms with Crippen molar-refractivity contribution in [2.75, 3.05) is 25.7 Å². The molecule has 0 heterocycles. The highest BCUT2D eigenvalue weighted by Crippen LogP contribution is 2.04. The van der Waals surface area contributed by atoms with Crippen molar-refractivity contribution in [1.82, 2.24) is 4.72 Å². The molecule has 1 unspecified atom stereocenters. The third-order valence-electron chi connectivity index (χ3n) is 2.01. The fourth-order valence-corrected chi connectivity index (χ4v) is 2.44. The van der Waals surface area contributed by atoms with E-state index in [0.717, 1.165) is 0 Å². The van der Waals surface area contributed by atoms with E-state index in [1.165, 1.54) is 7.11 Å². The van der Waals surface area contributed by atoms with Gasteiger partial charge < -0.3 is 4.74 Å². The van der Waals surface area contributed by atoms with Gasteiger partial charge in [-0.15, -0.1) is 0 Å². The van der Waals surface area contributed by atoms with Crippen molar-refractivity contribution in [2.24, 2.45) is 0 Å². The summed E-state index contributed by atoms with van der Waals surface area (Å²) in [7, 11) is -1.97. The maximum atomic E-state index is 11.4.